The van der Waals surface area contributed by atoms with Crippen LogP contribution in [0.25, 0.3) is 11.4 Å². The number of benzene rings is 1. The molecule has 134 valence electrons. The summed E-state index contributed by atoms with van der Waals surface area (Å²) in [5.74, 6) is 0.486. The third-order valence-corrected chi connectivity index (χ3v) is 4.10. The molecule has 25 heavy (non-hydrogen) atoms. The van der Waals surface area contributed by atoms with Gasteiger partial charge in [0, 0.05) is 30.0 Å². The number of alkyl halides is 2. The van der Waals surface area contributed by atoms with Crippen LogP contribution in [0.1, 0.15) is 12.3 Å². The van der Waals surface area contributed by atoms with Crippen LogP contribution in [0.3, 0.4) is 0 Å². The number of ether oxygens (including phenoxy) is 1. The van der Waals surface area contributed by atoms with E-state index in [-0.39, 0.29) is 31.9 Å². The van der Waals surface area contributed by atoms with Gasteiger partial charge in [0.05, 0.1) is 13.2 Å². The number of carbonyl (C=O) groups excluding carboxylic acids is 1. The van der Waals surface area contributed by atoms with Gasteiger partial charge in [0.15, 0.2) is 0 Å². The number of halogens is 3. The maximum absolute atomic E-state index is 12.7. The zero-order valence-electron chi connectivity index (χ0n) is 13.2. The number of rotatable bonds is 5. The predicted molar refractivity (Wildman–Crippen MR) is 85.4 cm³/mol. The van der Waals surface area contributed by atoms with E-state index >= 15 is 0 Å². The van der Waals surface area contributed by atoms with E-state index in [0.29, 0.717) is 23.3 Å². The van der Waals surface area contributed by atoms with Gasteiger partial charge in [-0.25, -0.2) is 8.78 Å². The van der Waals surface area contributed by atoms with Gasteiger partial charge >= 0.3 is 0 Å². The van der Waals surface area contributed by atoms with Crippen molar-refractivity contribution in [1.82, 2.24) is 15.0 Å². The molecular formula is C16H16ClF2N3O3. The Morgan fingerprint density at radius 1 is 1.36 bits per heavy atom. The van der Waals surface area contributed by atoms with Gasteiger partial charge in [0.25, 0.3) is 6.43 Å². The topological polar surface area (TPSA) is 68.5 Å². The molecule has 1 aromatic heterocycles. The van der Waals surface area contributed by atoms with E-state index in [9.17, 15) is 13.6 Å². The van der Waals surface area contributed by atoms with Gasteiger partial charge in [-0.2, -0.15) is 4.98 Å². The average Bonchev–Trinajstić information content (AvgIpc) is 3.09. The maximum atomic E-state index is 12.7. The highest BCUT2D eigenvalue weighted by atomic mass is 35.5. The fraction of sp³-hybridized carbons (Fsp3) is 0.438. The predicted octanol–water partition coefficient (Wildman–Crippen LogP) is 2.82. The number of nitrogens with zero attached hydrogens (tertiary/aromatic N) is 3. The van der Waals surface area contributed by atoms with Gasteiger partial charge in [-0.1, -0.05) is 16.8 Å². The molecule has 1 amide bonds. The molecule has 1 unspecified atom stereocenters. The largest absolute Gasteiger partial charge is 0.369 e. The molecule has 1 aromatic carbocycles. The summed E-state index contributed by atoms with van der Waals surface area (Å²) in [5.41, 5.74) is 0.749. The van der Waals surface area contributed by atoms with Crippen LogP contribution in [0.5, 0.6) is 0 Å². The van der Waals surface area contributed by atoms with E-state index in [0.717, 1.165) is 5.56 Å². The molecule has 6 nitrogen and oxygen atoms in total. The number of morpholine rings is 1. The van der Waals surface area contributed by atoms with Crippen molar-refractivity contribution in [2.45, 2.75) is 25.4 Å². The normalized spacial score (nSPS) is 17.9. The van der Waals surface area contributed by atoms with Gasteiger partial charge in [-0.3, -0.25) is 4.79 Å². The zero-order chi connectivity index (χ0) is 17.8. The number of carbonyl (C=O) groups is 1. The summed E-state index contributed by atoms with van der Waals surface area (Å²) in [5, 5.41) is 4.47. The standard InChI is InChI=1S/C16H16ClF2N3O3/c17-11-3-1-10(2-4-11)16-20-13(25-21-16)5-6-14(23)22-7-8-24-12(9-22)15(18)19/h1-4,12,15H,5-9H2. The van der Waals surface area contributed by atoms with Crippen molar-refractivity contribution in [2.24, 2.45) is 0 Å². The van der Waals surface area contributed by atoms with Crippen LogP contribution in [-0.2, 0) is 16.0 Å². The molecule has 0 aliphatic carbocycles. The van der Waals surface area contributed by atoms with Crippen molar-refractivity contribution in [3.8, 4) is 11.4 Å². The molecule has 0 radical (unpaired) electrons. The number of amides is 1. The summed E-state index contributed by atoms with van der Waals surface area (Å²) in [6.07, 6.45) is -3.47. The molecule has 0 N–H and O–H groups in total. The fourth-order valence-electron chi connectivity index (χ4n) is 2.50. The van der Waals surface area contributed by atoms with E-state index < -0.39 is 12.5 Å². The highest BCUT2D eigenvalue weighted by Crippen LogP contribution is 2.19. The van der Waals surface area contributed by atoms with Crippen LogP contribution in [0.2, 0.25) is 5.02 Å². The van der Waals surface area contributed by atoms with Gasteiger partial charge < -0.3 is 14.2 Å². The Labute approximate surface area is 147 Å². The summed E-state index contributed by atoms with van der Waals surface area (Å²) in [6.45, 7) is 0.320. The second-order valence-electron chi connectivity index (χ2n) is 5.60. The molecule has 1 aliphatic heterocycles. The molecule has 1 aliphatic rings. The average molecular weight is 372 g/mol. The van der Waals surface area contributed by atoms with Crippen LogP contribution >= 0.6 is 11.6 Å². The third-order valence-electron chi connectivity index (χ3n) is 3.85. The second-order valence-corrected chi connectivity index (χ2v) is 6.04. The van der Waals surface area contributed by atoms with Crippen molar-refractivity contribution < 1.29 is 22.8 Å². The van der Waals surface area contributed by atoms with Gasteiger partial charge in [0.2, 0.25) is 17.6 Å². The molecule has 1 saturated heterocycles. The van der Waals surface area contributed by atoms with Gasteiger partial charge in [-0.15, -0.1) is 0 Å². The summed E-state index contributed by atoms with van der Waals surface area (Å²) in [4.78, 5) is 17.8. The van der Waals surface area contributed by atoms with Gasteiger partial charge in [0.1, 0.15) is 6.10 Å². The van der Waals surface area contributed by atoms with Crippen molar-refractivity contribution in [1.29, 1.82) is 0 Å². The molecule has 9 heteroatoms. The highest BCUT2D eigenvalue weighted by Gasteiger charge is 2.30. The van der Waals surface area contributed by atoms with E-state index in [4.69, 9.17) is 20.9 Å². The molecule has 2 heterocycles. The molecule has 1 fully saturated rings. The Hall–Kier alpha value is -2.06. The van der Waals surface area contributed by atoms with Crippen LogP contribution in [-0.4, -0.2) is 53.2 Å². The van der Waals surface area contributed by atoms with Crippen molar-refractivity contribution in [3.63, 3.8) is 0 Å². The third kappa shape index (κ3) is 4.52. The number of hydrogen-bond donors (Lipinski definition) is 0. The maximum Gasteiger partial charge on any atom is 0.266 e. The minimum atomic E-state index is -2.60. The van der Waals surface area contributed by atoms with E-state index in [1.807, 2.05) is 0 Å². The first-order chi connectivity index (χ1) is 12.0. The number of aryl methyl sites for hydroxylation is 1. The first kappa shape index (κ1) is 17.8. The minimum absolute atomic E-state index is 0.101. The molecule has 3 rings (SSSR count). The zero-order valence-corrected chi connectivity index (χ0v) is 14.0. The monoisotopic (exact) mass is 371 g/mol. The summed E-state index contributed by atoms with van der Waals surface area (Å²) in [6, 6.07) is 6.96. The summed E-state index contributed by atoms with van der Waals surface area (Å²) >= 11 is 5.83. The first-order valence-corrected chi connectivity index (χ1v) is 8.17. The fourth-order valence-corrected chi connectivity index (χ4v) is 2.63. The quantitative estimate of drug-likeness (QED) is 0.808. The van der Waals surface area contributed by atoms with Crippen LogP contribution in [0.4, 0.5) is 8.78 Å². The van der Waals surface area contributed by atoms with E-state index in [2.05, 4.69) is 10.1 Å². The van der Waals surface area contributed by atoms with Crippen molar-refractivity contribution in [3.05, 3.63) is 35.2 Å². The molecule has 1 atom stereocenters. The Morgan fingerprint density at radius 3 is 2.84 bits per heavy atom. The lowest BCUT2D eigenvalue weighted by atomic mass is 10.2. The highest BCUT2D eigenvalue weighted by molar-refractivity contribution is 6.30. The SMILES string of the molecule is O=C(CCc1nc(-c2ccc(Cl)cc2)no1)N1CCOC(C(F)F)C1. The summed E-state index contributed by atoms with van der Waals surface area (Å²) < 4.78 is 35.5. The first-order valence-electron chi connectivity index (χ1n) is 7.79. The molecule has 0 spiro atoms. The lowest BCUT2D eigenvalue weighted by Gasteiger charge is -2.32. The Morgan fingerprint density at radius 2 is 2.12 bits per heavy atom. The van der Waals surface area contributed by atoms with Crippen molar-refractivity contribution in [2.75, 3.05) is 19.7 Å². The van der Waals surface area contributed by atoms with Crippen LogP contribution in [0, 0.1) is 0 Å². The van der Waals surface area contributed by atoms with Crippen LogP contribution in [0.15, 0.2) is 28.8 Å². The lowest BCUT2D eigenvalue weighted by Crippen LogP contribution is -2.48. The lowest BCUT2D eigenvalue weighted by molar-refractivity contribution is -0.146. The minimum Gasteiger partial charge on any atom is -0.369 e. The Kier molecular flexibility index (Phi) is 5.60. The Bertz CT molecular complexity index is 724. The molecule has 0 bridgehead atoms. The van der Waals surface area contributed by atoms with Gasteiger partial charge in [-0.05, 0) is 24.3 Å². The smallest absolute Gasteiger partial charge is 0.266 e. The van der Waals surface area contributed by atoms with Crippen LogP contribution < -0.4 is 0 Å². The van der Waals surface area contributed by atoms with Crippen molar-refractivity contribution >= 4 is 17.5 Å². The molecule has 2 aromatic rings. The van der Waals surface area contributed by atoms with E-state index in [1.54, 1.807) is 24.3 Å². The molecule has 0 saturated carbocycles. The second kappa shape index (κ2) is 7.88. The number of hydrogen-bond acceptors (Lipinski definition) is 5. The van der Waals surface area contributed by atoms with E-state index in [1.165, 1.54) is 4.90 Å². The molecular weight excluding hydrogens is 356 g/mol. The number of aromatic nitrogens is 2. The summed E-state index contributed by atoms with van der Waals surface area (Å²) in [7, 11) is 0. The Balaban J connectivity index is 1.55.